The molecule has 0 spiro atoms. The minimum Gasteiger partial charge on any atom is -0.504 e. The Kier molecular flexibility index (Phi) is 5.69. The zero-order valence-corrected chi connectivity index (χ0v) is 14.2. The maximum Gasteiger partial charge on any atom is 0.338 e. The fraction of sp³-hybridized carbons (Fsp3) is 0.588. The van der Waals surface area contributed by atoms with Crippen LogP contribution in [-0.2, 0) is 4.74 Å². The van der Waals surface area contributed by atoms with Crippen LogP contribution in [0.3, 0.4) is 0 Å². The Morgan fingerprint density at radius 2 is 1.82 bits per heavy atom. The van der Waals surface area contributed by atoms with Crippen molar-refractivity contribution in [2.75, 3.05) is 6.61 Å². The number of benzene rings is 1. The molecule has 0 aliphatic rings. The number of rotatable bonds is 5. The van der Waals surface area contributed by atoms with Gasteiger partial charge in [0.15, 0.2) is 11.5 Å². The molecule has 0 heterocycles. The first-order valence-corrected chi connectivity index (χ1v) is 7.53. The molecule has 0 saturated heterocycles. The summed E-state index contributed by atoms with van der Waals surface area (Å²) in [6, 6.07) is 1.44. The third kappa shape index (κ3) is 4.29. The van der Waals surface area contributed by atoms with Crippen molar-refractivity contribution in [1.82, 2.24) is 0 Å². The highest BCUT2D eigenvalue weighted by molar-refractivity contribution is 5.93. The Labute approximate surface area is 131 Å². The summed E-state index contributed by atoms with van der Waals surface area (Å²) in [5, 5.41) is 20.4. The summed E-state index contributed by atoms with van der Waals surface area (Å²) in [4.78, 5) is 12.2. The second kappa shape index (κ2) is 6.90. The quantitative estimate of drug-likeness (QED) is 0.636. The minimum atomic E-state index is -0.576. The fourth-order valence-corrected chi connectivity index (χ4v) is 2.08. The molecule has 0 aliphatic carbocycles. The molecular weight excluding hydrogens is 284 g/mol. The third-order valence-electron chi connectivity index (χ3n) is 2.93. The molecule has 0 fully saturated rings. The van der Waals surface area contributed by atoms with E-state index in [2.05, 4.69) is 0 Å². The lowest BCUT2D eigenvalue weighted by atomic mass is 9.95. The SMILES string of the molecule is CCCOC(=O)c1cc(OC(C)(C)C)c(O)c(O)c1C(C)C. The topological polar surface area (TPSA) is 76.0 Å². The zero-order chi connectivity index (χ0) is 17.1. The van der Waals surface area contributed by atoms with Crippen molar-refractivity contribution in [3.05, 3.63) is 17.2 Å². The summed E-state index contributed by atoms with van der Waals surface area (Å²) in [5.74, 6) is -1.30. The van der Waals surface area contributed by atoms with Crippen LogP contribution in [0.4, 0.5) is 0 Å². The van der Waals surface area contributed by atoms with Crippen LogP contribution >= 0.6 is 0 Å². The Bertz CT molecular complexity index is 541. The molecule has 0 bridgehead atoms. The van der Waals surface area contributed by atoms with Gasteiger partial charge in [0.05, 0.1) is 12.2 Å². The van der Waals surface area contributed by atoms with Crippen molar-refractivity contribution in [1.29, 1.82) is 0 Å². The van der Waals surface area contributed by atoms with E-state index in [9.17, 15) is 15.0 Å². The van der Waals surface area contributed by atoms with E-state index < -0.39 is 11.6 Å². The van der Waals surface area contributed by atoms with Crippen molar-refractivity contribution in [3.63, 3.8) is 0 Å². The van der Waals surface area contributed by atoms with Gasteiger partial charge in [0.2, 0.25) is 5.75 Å². The standard InChI is InChI=1S/C17H26O5/c1-7-8-21-16(20)11-9-12(22-17(4,5)6)14(18)15(19)13(11)10(2)3/h9-10,18-19H,7-8H2,1-6H3. The predicted octanol–water partition coefficient (Wildman–Crippen LogP) is 3.97. The highest BCUT2D eigenvalue weighted by atomic mass is 16.5. The number of carbonyl (C=O) groups excluding carboxylic acids is 1. The van der Waals surface area contributed by atoms with E-state index in [1.807, 2.05) is 41.5 Å². The van der Waals surface area contributed by atoms with Crippen LogP contribution in [0, 0.1) is 0 Å². The Morgan fingerprint density at radius 3 is 2.27 bits per heavy atom. The maximum atomic E-state index is 12.2. The van der Waals surface area contributed by atoms with Crippen LogP contribution < -0.4 is 4.74 Å². The molecule has 0 amide bonds. The van der Waals surface area contributed by atoms with Crippen LogP contribution in [0.2, 0.25) is 0 Å². The van der Waals surface area contributed by atoms with Crippen LogP contribution in [0.5, 0.6) is 17.2 Å². The monoisotopic (exact) mass is 310 g/mol. The first-order chi connectivity index (χ1) is 10.1. The number of esters is 1. The minimum absolute atomic E-state index is 0.0675. The smallest absolute Gasteiger partial charge is 0.338 e. The number of aromatic hydroxyl groups is 2. The van der Waals surface area contributed by atoms with Gasteiger partial charge in [-0.2, -0.15) is 0 Å². The Hall–Kier alpha value is -1.91. The van der Waals surface area contributed by atoms with E-state index in [4.69, 9.17) is 9.47 Å². The molecule has 124 valence electrons. The van der Waals surface area contributed by atoms with Gasteiger partial charge in [-0.05, 0) is 39.2 Å². The van der Waals surface area contributed by atoms with Crippen LogP contribution in [-0.4, -0.2) is 28.4 Å². The van der Waals surface area contributed by atoms with Crippen molar-refractivity contribution in [3.8, 4) is 17.2 Å². The van der Waals surface area contributed by atoms with Gasteiger partial charge < -0.3 is 19.7 Å². The van der Waals surface area contributed by atoms with Crippen LogP contribution in [0.25, 0.3) is 0 Å². The van der Waals surface area contributed by atoms with Gasteiger partial charge in [-0.25, -0.2) is 4.79 Å². The number of phenols is 2. The lowest BCUT2D eigenvalue weighted by Gasteiger charge is -2.24. The highest BCUT2D eigenvalue weighted by Gasteiger charge is 2.26. The van der Waals surface area contributed by atoms with Gasteiger partial charge >= 0.3 is 5.97 Å². The molecule has 0 radical (unpaired) electrons. The summed E-state index contributed by atoms with van der Waals surface area (Å²) in [6.07, 6.45) is 0.707. The lowest BCUT2D eigenvalue weighted by Crippen LogP contribution is -2.23. The van der Waals surface area contributed by atoms with Gasteiger partial charge in [-0.15, -0.1) is 0 Å². The molecule has 0 aromatic heterocycles. The molecule has 0 saturated carbocycles. The third-order valence-corrected chi connectivity index (χ3v) is 2.93. The predicted molar refractivity (Wildman–Crippen MR) is 84.8 cm³/mol. The second-order valence-electron chi connectivity index (χ2n) is 6.54. The fourth-order valence-electron chi connectivity index (χ4n) is 2.08. The molecule has 2 N–H and O–H groups in total. The molecule has 1 rings (SSSR count). The molecule has 0 unspecified atom stereocenters. The zero-order valence-electron chi connectivity index (χ0n) is 14.2. The number of phenolic OH excluding ortho intramolecular Hbond substituents is 2. The summed E-state index contributed by atoms with van der Waals surface area (Å²) in [7, 11) is 0. The van der Waals surface area contributed by atoms with Crippen molar-refractivity contribution in [2.45, 2.75) is 59.5 Å². The largest absolute Gasteiger partial charge is 0.504 e. The van der Waals surface area contributed by atoms with Gasteiger partial charge in [0.1, 0.15) is 5.60 Å². The number of ether oxygens (including phenoxy) is 2. The average molecular weight is 310 g/mol. The average Bonchev–Trinajstić information content (AvgIpc) is 2.38. The first kappa shape index (κ1) is 18.1. The summed E-state index contributed by atoms with van der Waals surface area (Å²) < 4.78 is 10.8. The van der Waals surface area contributed by atoms with Crippen molar-refractivity contribution >= 4 is 5.97 Å². The van der Waals surface area contributed by atoms with E-state index in [1.165, 1.54) is 6.07 Å². The van der Waals surface area contributed by atoms with Crippen LogP contribution in [0.1, 0.15) is 69.8 Å². The van der Waals surface area contributed by atoms with E-state index in [0.717, 1.165) is 0 Å². The summed E-state index contributed by atoms with van der Waals surface area (Å²) in [6.45, 7) is 11.3. The van der Waals surface area contributed by atoms with Gasteiger partial charge in [-0.3, -0.25) is 0 Å². The first-order valence-electron chi connectivity index (χ1n) is 7.53. The van der Waals surface area contributed by atoms with E-state index in [0.29, 0.717) is 18.6 Å². The number of carbonyl (C=O) groups is 1. The van der Waals surface area contributed by atoms with E-state index in [1.54, 1.807) is 0 Å². The summed E-state index contributed by atoms with van der Waals surface area (Å²) in [5.41, 5.74) is 0.00582. The molecule has 0 atom stereocenters. The van der Waals surface area contributed by atoms with Crippen molar-refractivity contribution in [2.24, 2.45) is 0 Å². The second-order valence-corrected chi connectivity index (χ2v) is 6.54. The van der Waals surface area contributed by atoms with Crippen LogP contribution in [0.15, 0.2) is 6.07 Å². The van der Waals surface area contributed by atoms with Crippen molar-refractivity contribution < 1.29 is 24.5 Å². The van der Waals surface area contributed by atoms with Gasteiger partial charge in [0.25, 0.3) is 0 Å². The van der Waals surface area contributed by atoms with Gasteiger partial charge in [-0.1, -0.05) is 20.8 Å². The molecule has 22 heavy (non-hydrogen) atoms. The number of hydrogen-bond acceptors (Lipinski definition) is 5. The molecule has 1 aromatic carbocycles. The Morgan fingerprint density at radius 1 is 1.23 bits per heavy atom. The highest BCUT2D eigenvalue weighted by Crippen LogP contribution is 2.44. The normalized spacial score (nSPS) is 11.6. The molecule has 1 aromatic rings. The van der Waals surface area contributed by atoms with E-state index >= 15 is 0 Å². The van der Waals surface area contributed by atoms with E-state index in [-0.39, 0.29) is 28.7 Å². The molecule has 5 heteroatoms. The summed E-state index contributed by atoms with van der Waals surface area (Å²) >= 11 is 0. The molecule has 5 nitrogen and oxygen atoms in total. The maximum absolute atomic E-state index is 12.2. The van der Waals surface area contributed by atoms with Gasteiger partial charge in [0, 0.05) is 5.56 Å². The Balaban J connectivity index is 3.41. The molecule has 0 aliphatic heterocycles. The molecular formula is C17H26O5. The lowest BCUT2D eigenvalue weighted by molar-refractivity contribution is 0.0500. The number of hydrogen-bond donors (Lipinski definition) is 2.